The van der Waals surface area contributed by atoms with Crippen molar-refractivity contribution in [3.63, 3.8) is 0 Å². The molecule has 2 aromatic carbocycles. The van der Waals surface area contributed by atoms with Crippen molar-refractivity contribution >= 4 is 64.9 Å². The topological polar surface area (TPSA) is 319 Å². The first kappa shape index (κ1) is 54.9. The Morgan fingerprint density at radius 1 is 0.824 bits per heavy atom. The summed E-state index contributed by atoms with van der Waals surface area (Å²) in [4.78, 5) is 116. The predicted octanol–water partition coefficient (Wildman–Crippen LogP) is -1.34. The summed E-state index contributed by atoms with van der Waals surface area (Å²) in [6.45, 7) is -0.0510. The molecule has 0 saturated heterocycles. The van der Waals surface area contributed by atoms with E-state index < -0.39 is 72.3 Å². The van der Waals surface area contributed by atoms with Gasteiger partial charge in [-0.05, 0) is 29.7 Å². The monoisotopic (exact) mass is 1180 g/mol. The van der Waals surface area contributed by atoms with Gasteiger partial charge in [-0.3, -0.25) is 43.5 Å². The number of hydrogen-bond donors (Lipinski definition) is 7. The van der Waals surface area contributed by atoms with Gasteiger partial charge in [0, 0.05) is 98.3 Å². The minimum atomic E-state index is -2.03. The summed E-state index contributed by atoms with van der Waals surface area (Å²) in [6, 6.07) is 12.6. The number of carbonyl (C=O) groups is 7. The van der Waals surface area contributed by atoms with Gasteiger partial charge in [-0.1, -0.05) is 37.3 Å². The number of nitrogens with one attached hydrogen (secondary N) is 6. The number of hydrogen-bond acceptors (Lipinski definition) is 18. The summed E-state index contributed by atoms with van der Waals surface area (Å²) in [5.74, 6) is -3.65. The van der Waals surface area contributed by atoms with Gasteiger partial charge in [0.25, 0.3) is 11.5 Å². The van der Waals surface area contributed by atoms with Crippen LogP contribution in [0.2, 0.25) is 0 Å². The molecule has 3 aliphatic heterocycles. The maximum absolute atomic E-state index is 13.9. The van der Waals surface area contributed by atoms with Crippen LogP contribution in [0.4, 0.5) is 0 Å². The van der Waals surface area contributed by atoms with Crippen LogP contribution in [0.5, 0.6) is 11.5 Å². The summed E-state index contributed by atoms with van der Waals surface area (Å²) in [5, 5.41) is 27.5. The van der Waals surface area contributed by atoms with Crippen molar-refractivity contribution in [1.29, 1.82) is 0 Å². The number of aliphatic hydroxyl groups is 1. The van der Waals surface area contributed by atoms with Crippen LogP contribution in [0.3, 0.4) is 0 Å². The van der Waals surface area contributed by atoms with E-state index in [1.807, 2.05) is 0 Å². The molecule has 0 saturated carbocycles. The number of fused-ring (bicyclic) bond motifs is 6. The van der Waals surface area contributed by atoms with Gasteiger partial charge in [0.05, 0.1) is 74.0 Å². The molecule has 5 aromatic rings. The largest absolute Gasteiger partial charge is 0.740 e. The Morgan fingerprint density at radius 3 is 2.27 bits per heavy atom. The van der Waals surface area contributed by atoms with Gasteiger partial charge in [-0.25, -0.2) is 9.78 Å². The molecule has 0 spiro atoms. The fourth-order valence-electron chi connectivity index (χ4n) is 8.23. The maximum Gasteiger partial charge on any atom is 0.343 e. The van der Waals surface area contributed by atoms with Crippen LogP contribution in [-0.2, 0) is 87.3 Å². The van der Waals surface area contributed by atoms with Gasteiger partial charge in [0.2, 0.25) is 36.3 Å². The molecule has 2 atom stereocenters. The Kier molecular flexibility index (Phi) is 18.5. The first-order valence-corrected chi connectivity index (χ1v) is 23.4. The standard InChI is InChI=1S/C48H50N10O14S.Tb/c1-2-48(67)32-14-35-42-30(22-58(35)45(65)31(32)23-70-46(48)66)29(28-13-36-37(72-25-71-36)15-33(28)57-42)18-50-39(60)20-53-44(64)34(12-26-6-4-3-5-7-26)56-40(61)21-51-38(59)19-52-41(62)24-69-11-10-68-9-8-49-43(63)27-16-54-47(73)55-17-27;/h3-7,13-17,34,67H,2,8-12,18-25H2,1H3,(H,49,63)(H,50,60)(H,51,59)(H,52,62)(H,53,64)(H,56,61)(H,54,55,73);/p-1/t34-,48+;/m0./s1. The van der Waals surface area contributed by atoms with Crippen molar-refractivity contribution in [2.45, 2.75) is 56.3 Å². The number of aromatic nitrogens is 4. The zero-order valence-corrected chi connectivity index (χ0v) is 42.5. The number of ether oxygens (including phenoxy) is 5. The smallest absolute Gasteiger partial charge is 0.343 e. The fraction of sp³-hybridized carbons (Fsp3) is 0.354. The summed E-state index contributed by atoms with van der Waals surface area (Å²) in [7, 11) is 0. The number of benzene rings is 2. The number of carbonyl (C=O) groups excluding carboxylic acids is 7. The minimum Gasteiger partial charge on any atom is -0.740 e. The molecule has 26 heteroatoms. The van der Waals surface area contributed by atoms with Crippen LogP contribution < -0.4 is 46.9 Å². The molecular formula is C48H49N10O14STb-. The second-order valence-corrected chi connectivity index (χ2v) is 17.1. The Labute approximate surface area is 457 Å². The Balaban J connectivity index is 0.00000800. The van der Waals surface area contributed by atoms with Crippen LogP contribution in [0.1, 0.15) is 51.5 Å². The van der Waals surface area contributed by atoms with Crippen molar-refractivity contribution in [3.05, 3.63) is 105 Å². The first-order valence-electron chi connectivity index (χ1n) is 23.0. The van der Waals surface area contributed by atoms with E-state index in [-0.39, 0.29) is 139 Å². The number of rotatable bonds is 22. The Hall–Kier alpha value is -6.84. The van der Waals surface area contributed by atoms with E-state index in [1.54, 1.807) is 55.5 Å². The van der Waals surface area contributed by atoms with Crippen LogP contribution in [0, 0.1) is 38.6 Å². The van der Waals surface area contributed by atoms with Crippen molar-refractivity contribution in [1.82, 2.24) is 51.4 Å². The molecule has 7 N–H and O–H groups in total. The van der Waals surface area contributed by atoms with Crippen LogP contribution in [0.25, 0.3) is 22.3 Å². The van der Waals surface area contributed by atoms with E-state index in [1.165, 1.54) is 17.0 Å². The first-order chi connectivity index (χ1) is 35.2. The fourth-order valence-corrected chi connectivity index (χ4v) is 8.33. The van der Waals surface area contributed by atoms with Gasteiger partial charge in [0.15, 0.2) is 17.1 Å². The third-order valence-electron chi connectivity index (χ3n) is 12.0. The van der Waals surface area contributed by atoms with Gasteiger partial charge in [-0.2, -0.15) is 0 Å². The number of esters is 1. The molecule has 3 aromatic heterocycles. The third-order valence-corrected chi connectivity index (χ3v) is 12.3. The molecule has 0 bridgehead atoms. The molecule has 391 valence electrons. The molecular weight excluding hydrogens is 1130 g/mol. The third kappa shape index (κ3) is 12.9. The predicted molar refractivity (Wildman–Crippen MR) is 255 cm³/mol. The summed E-state index contributed by atoms with van der Waals surface area (Å²) >= 11 is 4.80. The molecule has 0 fully saturated rings. The molecule has 6 amide bonds. The van der Waals surface area contributed by atoms with E-state index in [0.717, 1.165) is 0 Å². The molecule has 8 rings (SSSR count). The minimum absolute atomic E-state index is 0. The Morgan fingerprint density at radius 2 is 1.51 bits per heavy atom. The summed E-state index contributed by atoms with van der Waals surface area (Å²) in [6.07, 6.45) is 2.64. The van der Waals surface area contributed by atoms with E-state index in [0.29, 0.717) is 50.5 Å². The summed E-state index contributed by atoms with van der Waals surface area (Å²) < 4.78 is 28.6. The Bertz CT molecular complexity index is 3040. The average Bonchev–Trinajstić information content (AvgIpc) is 4.01. The van der Waals surface area contributed by atoms with Gasteiger partial charge >= 0.3 is 5.97 Å². The van der Waals surface area contributed by atoms with E-state index in [9.17, 15) is 43.5 Å². The maximum atomic E-state index is 13.9. The second-order valence-electron chi connectivity index (χ2n) is 16.8. The van der Waals surface area contributed by atoms with Gasteiger partial charge < -0.3 is 77.9 Å². The van der Waals surface area contributed by atoms with Crippen LogP contribution in [0.15, 0.2) is 70.9 Å². The molecule has 0 aliphatic carbocycles. The van der Waals surface area contributed by atoms with Crippen molar-refractivity contribution < 1.29 is 101 Å². The normalized spacial score (nSPS) is 15.0. The number of nitrogens with zero attached hydrogens (tertiary/aromatic N) is 4. The van der Waals surface area contributed by atoms with Crippen molar-refractivity contribution in [2.75, 3.05) is 59.4 Å². The van der Waals surface area contributed by atoms with Crippen molar-refractivity contribution in [2.24, 2.45) is 0 Å². The number of amides is 6. The van der Waals surface area contributed by atoms with E-state index in [4.69, 9.17) is 41.3 Å². The van der Waals surface area contributed by atoms with Crippen LogP contribution >= 0.6 is 0 Å². The molecule has 0 unspecified atom stereocenters. The molecule has 6 heterocycles. The van der Waals surface area contributed by atoms with Crippen molar-refractivity contribution in [3.8, 4) is 22.9 Å². The van der Waals surface area contributed by atoms with E-state index >= 15 is 0 Å². The molecule has 74 heavy (non-hydrogen) atoms. The zero-order valence-electron chi connectivity index (χ0n) is 39.5. The average molecular weight is 1180 g/mol. The zero-order chi connectivity index (χ0) is 51.6. The SMILES string of the molecule is CC[C@]1(O)C(=O)OCc2c1cc1n(c2=O)Cc2c-1nc1cc3c(cc1c2CNC(=O)CNC(=O)[C@H](Cc1ccccc1)NC(=O)CNC(=O)CNC(=O)COCCOCCNC(=O)c1cnc([S-])nc1)OCO3.[Tb]. The molecule has 1 radical (unpaired) electrons. The molecule has 24 nitrogen and oxygen atoms in total. The number of pyridine rings is 2. The van der Waals surface area contributed by atoms with Crippen LogP contribution in [-0.4, -0.2) is 131 Å². The number of cyclic esters (lactones) is 1. The van der Waals surface area contributed by atoms with Gasteiger partial charge in [-0.15, -0.1) is 0 Å². The van der Waals surface area contributed by atoms with E-state index in [2.05, 4.69) is 41.9 Å². The quantitative estimate of drug-likeness (QED) is 0.0179. The molecule has 3 aliphatic rings. The van der Waals surface area contributed by atoms with Gasteiger partial charge in [0.1, 0.15) is 19.3 Å². The second kappa shape index (κ2) is 24.9. The summed E-state index contributed by atoms with van der Waals surface area (Å²) in [5.41, 5.74) is 1.17.